The van der Waals surface area contributed by atoms with Crippen LogP contribution in [0.3, 0.4) is 0 Å². The minimum atomic E-state index is 0. The van der Waals surface area contributed by atoms with Gasteiger partial charge in [-0.2, -0.15) is 0 Å². The summed E-state index contributed by atoms with van der Waals surface area (Å²) in [5.74, 6) is 0.0819. The number of rotatable bonds is 10. The molecule has 6 heteroatoms. The van der Waals surface area contributed by atoms with Crippen molar-refractivity contribution in [2.45, 2.75) is 39.2 Å². The average Bonchev–Trinajstić information content (AvgIpc) is 2.67. The fourth-order valence-electron chi connectivity index (χ4n) is 3.29. The molecule has 0 bridgehead atoms. The van der Waals surface area contributed by atoms with E-state index in [1.165, 1.54) is 5.56 Å². The molecule has 1 unspecified atom stereocenters. The van der Waals surface area contributed by atoms with Gasteiger partial charge in [0.1, 0.15) is 0 Å². The van der Waals surface area contributed by atoms with Crippen molar-refractivity contribution in [3.8, 4) is 0 Å². The zero-order valence-electron chi connectivity index (χ0n) is 16.8. The maximum absolute atomic E-state index is 12.3. The van der Waals surface area contributed by atoms with Crippen LogP contribution in [-0.4, -0.2) is 36.5 Å². The number of carbonyl (C=O) groups excluding carboxylic acids is 1. The van der Waals surface area contributed by atoms with E-state index in [9.17, 15) is 4.79 Å². The van der Waals surface area contributed by atoms with Crippen LogP contribution in [0.2, 0.25) is 0 Å². The number of carbonyl (C=O) groups is 1. The van der Waals surface area contributed by atoms with Crippen molar-refractivity contribution in [3.63, 3.8) is 0 Å². The summed E-state index contributed by atoms with van der Waals surface area (Å²) < 4.78 is 0. The molecule has 0 aliphatic heterocycles. The third-order valence-electron chi connectivity index (χ3n) is 4.85. The van der Waals surface area contributed by atoms with E-state index >= 15 is 0 Å². The van der Waals surface area contributed by atoms with Crippen molar-refractivity contribution in [2.75, 3.05) is 25.4 Å². The van der Waals surface area contributed by atoms with Gasteiger partial charge in [0.25, 0.3) is 0 Å². The first kappa shape index (κ1) is 26.2. The molecule has 0 aromatic heterocycles. The van der Waals surface area contributed by atoms with Crippen molar-refractivity contribution < 1.29 is 4.79 Å². The Hall–Kier alpha value is -1.75. The standard InChI is InChI=1S/C22H31N3O.2ClH/c1-3-25(4-2)20(16-18-10-6-5-7-11-18)17-24-22(26)15-14-19-12-8-9-13-21(19)23;;/h5-13,20H,3-4,14-17,23H2,1-2H3,(H,24,26);2*1H. The number of likely N-dealkylation sites (N-methyl/N-ethyl adjacent to an activating group) is 1. The lowest BCUT2D eigenvalue weighted by Gasteiger charge is -2.30. The Balaban J connectivity index is 0.00000364. The second kappa shape index (κ2) is 14.3. The molecule has 0 saturated carbocycles. The SMILES string of the molecule is CCN(CC)C(CNC(=O)CCc1ccccc1N)Cc1ccccc1.Cl.Cl. The average molecular weight is 426 g/mol. The Morgan fingerprint density at radius 3 is 2.21 bits per heavy atom. The molecule has 0 aliphatic rings. The van der Waals surface area contributed by atoms with Gasteiger partial charge >= 0.3 is 0 Å². The molecule has 0 aliphatic carbocycles. The monoisotopic (exact) mass is 425 g/mol. The fraction of sp³-hybridized carbons (Fsp3) is 0.409. The predicted octanol–water partition coefficient (Wildman–Crippen LogP) is 4.11. The van der Waals surface area contributed by atoms with Gasteiger partial charge in [-0.25, -0.2) is 0 Å². The first-order chi connectivity index (χ1) is 12.6. The third-order valence-corrected chi connectivity index (χ3v) is 4.85. The number of benzene rings is 2. The Bertz CT molecular complexity index is 678. The highest BCUT2D eigenvalue weighted by Crippen LogP contribution is 2.13. The highest BCUT2D eigenvalue weighted by Gasteiger charge is 2.17. The van der Waals surface area contributed by atoms with Crippen LogP contribution >= 0.6 is 24.8 Å². The molecule has 156 valence electrons. The van der Waals surface area contributed by atoms with Crippen molar-refractivity contribution in [3.05, 3.63) is 65.7 Å². The number of hydrogen-bond acceptors (Lipinski definition) is 3. The lowest BCUT2D eigenvalue weighted by molar-refractivity contribution is -0.121. The highest BCUT2D eigenvalue weighted by atomic mass is 35.5. The summed E-state index contributed by atoms with van der Waals surface area (Å²) in [4.78, 5) is 14.7. The van der Waals surface area contributed by atoms with E-state index in [0.717, 1.165) is 30.8 Å². The van der Waals surface area contributed by atoms with Crippen LogP contribution in [-0.2, 0) is 17.6 Å². The van der Waals surface area contributed by atoms with E-state index in [0.29, 0.717) is 25.4 Å². The van der Waals surface area contributed by atoms with Crippen molar-refractivity contribution in [1.82, 2.24) is 10.2 Å². The molecule has 2 rings (SSSR count). The molecule has 0 saturated heterocycles. The molecule has 3 N–H and O–H groups in total. The molecule has 28 heavy (non-hydrogen) atoms. The van der Waals surface area contributed by atoms with E-state index in [1.807, 2.05) is 30.3 Å². The molecule has 2 aromatic rings. The highest BCUT2D eigenvalue weighted by molar-refractivity contribution is 5.85. The lowest BCUT2D eigenvalue weighted by Crippen LogP contribution is -2.45. The topological polar surface area (TPSA) is 58.4 Å². The van der Waals surface area contributed by atoms with Gasteiger partial charge in [-0.05, 0) is 43.1 Å². The second-order valence-electron chi connectivity index (χ2n) is 6.57. The minimum absolute atomic E-state index is 0. The maximum atomic E-state index is 12.3. The summed E-state index contributed by atoms with van der Waals surface area (Å²) >= 11 is 0. The number of aryl methyl sites for hydroxylation is 1. The first-order valence-electron chi connectivity index (χ1n) is 9.52. The summed E-state index contributed by atoms with van der Waals surface area (Å²) in [6.45, 7) is 6.96. The third kappa shape index (κ3) is 8.51. The van der Waals surface area contributed by atoms with Crippen LogP contribution in [0.4, 0.5) is 5.69 Å². The fourth-order valence-corrected chi connectivity index (χ4v) is 3.29. The Kier molecular flexibility index (Phi) is 13.4. The van der Waals surface area contributed by atoms with Crippen LogP contribution in [0.15, 0.2) is 54.6 Å². The number of anilines is 1. The van der Waals surface area contributed by atoms with E-state index in [4.69, 9.17) is 5.73 Å². The number of nitrogens with one attached hydrogen (secondary N) is 1. The quantitative estimate of drug-likeness (QED) is 0.562. The Morgan fingerprint density at radius 2 is 1.61 bits per heavy atom. The summed E-state index contributed by atoms with van der Waals surface area (Å²) in [6, 6.07) is 18.5. The van der Waals surface area contributed by atoms with E-state index in [2.05, 4.69) is 48.3 Å². The molecular weight excluding hydrogens is 393 g/mol. The van der Waals surface area contributed by atoms with Gasteiger partial charge in [0.05, 0.1) is 0 Å². The van der Waals surface area contributed by atoms with E-state index in [-0.39, 0.29) is 30.7 Å². The number of amides is 1. The molecular formula is C22H33Cl2N3O. The summed E-state index contributed by atoms with van der Waals surface area (Å²) in [5, 5.41) is 3.12. The molecule has 1 amide bonds. The number of nitrogens with two attached hydrogens (primary N) is 1. The van der Waals surface area contributed by atoms with Crippen LogP contribution < -0.4 is 11.1 Å². The van der Waals surface area contributed by atoms with Gasteiger partial charge in [-0.15, -0.1) is 24.8 Å². The molecule has 0 heterocycles. The zero-order valence-corrected chi connectivity index (χ0v) is 18.4. The largest absolute Gasteiger partial charge is 0.399 e. The first-order valence-corrected chi connectivity index (χ1v) is 9.52. The van der Waals surface area contributed by atoms with Crippen molar-refractivity contribution in [1.29, 1.82) is 0 Å². The predicted molar refractivity (Wildman–Crippen MR) is 124 cm³/mol. The summed E-state index contributed by atoms with van der Waals surface area (Å²) in [5.41, 5.74) is 9.04. The van der Waals surface area contributed by atoms with Gasteiger partial charge in [0, 0.05) is 24.7 Å². The van der Waals surface area contributed by atoms with Gasteiger partial charge in [-0.3, -0.25) is 9.69 Å². The molecule has 0 spiro atoms. The second-order valence-corrected chi connectivity index (χ2v) is 6.57. The smallest absolute Gasteiger partial charge is 0.220 e. The van der Waals surface area contributed by atoms with Crippen molar-refractivity contribution in [2.24, 2.45) is 0 Å². The number of nitrogen functional groups attached to an aromatic ring is 1. The van der Waals surface area contributed by atoms with E-state index < -0.39 is 0 Å². The number of hydrogen-bond donors (Lipinski definition) is 2. The molecule has 4 nitrogen and oxygen atoms in total. The molecule has 1 atom stereocenters. The summed E-state index contributed by atoms with van der Waals surface area (Å²) in [6.07, 6.45) is 2.08. The number of para-hydroxylation sites is 1. The van der Waals surface area contributed by atoms with Gasteiger partial charge in [-0.1, -0.05) is 62.4 Å². The maximum Gasteiger partial charge on any atom is 0.220 e. The normalized spacial score (nSPS) is 11.2. The van der Waals surface area contributed by atoms with Crippen LogP contribution in [0, 0.1) is 0 Å². The van der Waals surface area contributed by atoms with E-state index in [1.54, 1.807) is 0 Å². The van der Waals surface area contributed by atoms with Gasteiger partial charge < -0.3 is 11.1 Å². The van der Waals surface area contributed by atoms with Gasteiger partial charge in [0.2, 0.25) is 5.91 Å². The van der Waals surface area contributed by atoms with Crippen LogP contribution in [0.25, 0.3) is 0 Å². The molecule has 0 fully saturated rings. The van der Waals surface area contributed by atoms with Crippen LogP contribution in [0.5, 0.6) is 0 Å². The summed E-state index contributed by atoms with van der Waals surface area (Å²) in [7, 11) is 0. The lowest BCUT2D eigenvalue weighted by atomic mass is 10.0. The van der Waals surface area contributed by atoms with Crippen LogP contribution in [0.1, 0.15) is 31.4 Å². The minimum Gasteiger partial charge on any atom is -0.399 e. The molecule has 2 aromatic carbocycles. The number of nitrogens with zero attached hydrogens (tertiary/aromatic N) is 1. The van der Waals surface area contributed by atoms with Gasteiger partial charge in [0.15, 0.2) is 0 Å². The Morgan fingerprint density at radius 1 is 1.00 bits per heavy atom. The Labute approximate surface area is 181 Å². The zero-order chi connectivity index (χ0) is 18.8. The number of halogens is 2. The van der Waals surface area contributed by atoms with Crippen molar-refractivity contribution >= 4 is 36.4 Å². The molecule has 0 radical (unpaired) electrons.